The van der Waals surface area contributed by atoms with Gasteiger partial charge in [0.1, 0.15) is 6.04 Å². The maximum absolute atomic E-state index is 12.0. The van der Waals surface area contributed by atoms with Gasteiger partial charge >= 0.3 is 11.9 Å². The first-order chi connectivity index (χ1) is 9.94. The van der Waals surface area contributed by atoms with E-state index < -0.39 is 18.0 Å². The Balaban J connectivity index is 1.79. The fourth-order valence-electron chi connectivity index (χ4n) is 3.38. The normalized spacial score (nSPS) is 28.9. The predicted molar refractivity (Wildman–Crippen MR) is 73.7 cm³/mol. The first kappa shape index (κ1) is 15.8. The summed E-state index contributed by atoms with van der Waals surface area (Å²) >= 11 is 0. The molecular formula is C14H22N2O5. The Morgan fingerprint density at radius 2 is 1.76 bits per heavy atom. The predicted octanol–water partition coefficient (Wildman–Crippen LogP) is 0.341. The van der Waals surface area contributed by atoms with Gasteiger partial charge in [0.2, 0.25) is 5.91 Å². The molecule has 2 saturated heterocycles. The summed E-state index contributed by atoms with van der Waals surface area (Å²) in [6.07, 6.45) is 4.18. The van der Waals surface area contributed by atoms with Crippen molar-refractivity contribution in [2.75, 3.05) is 0 Å². The minimum absolute atomic E-state index is 0.0894. The van der Waals surface area contributed by atoms with E-state index in [1.807, 2.05) is 0 Å². The smallest absolute Gasteiger partial charge is 0.326 e. The van der Waals surface area contributed by atoms with Crippen LogP contribution in [0.2, 0.25) is 0 Å². The number of carbonyl (C=O) groups is 3. The van der Waals surface area contributed by atoms with Crippen molar-refractivity contribution in [2.24, 2.45) is 5.92 Å². The van der Waals surface area contributed by atoms with E-state index in [0.717, 1.165) is 25.7 Å². The molecule has 4 N–H and O–H groups in total. The van der Waals surface area contributed by atoms with Crippen LogP contribution in [0.5, 0.6) is 0 Å². The second kappa shape index (κ2) is 6.89. The van der Waals surface area contributed by atoms with E-state index in [-0.39, 0.29) is 24.7 Å². The van der Waals surface area contributed by atoms with Gasteiger partial charge < -0.3 is 20.8 Å². The molecule has 0 spiro atoms. The number of hydrogen-bond donors (Lipinski definition) is 4. The first-order valence-corrected chi connectivity index (χ1v) is 7.44. The molecule has 0 aromatic carbocycles. The Hall–Kier alpha value is -1.63. The molecule has 2 aliphatic rings. The fourth-order valence-corrected chi connectivity index (χ4v) is 3.38. The minimum Gasteiger partial charge on any atom is -0.481 e. The topological polar surface area (TPSA) is 116 Å². The van der Waals surface area contributed by atoms with Crippen molar-refractivity contribution in [1.82, 2.24) is 10.6 Å². The molecule has 7 heteroatoms. The molecule has 2 fully saturated rings. The zero-order chi connectivity index (χ0) is 15.4. The van der Waals surface area contributed by atoms with Crippen LogP contribution in [-0.2, 0) is 14.4 Å². The van der Waals surface area contributed by atoms with Crippen molar-refractivity contribution in [2.45, 2.75) is 63.1 Å². The number of rotatable bonds is 7. The Morgan fingerprint density at radius 3 is 2.29 bits per heavy atom. The lowest BCUT2D eigenvalue weighted by Gasteiger charge is -2.29. The number of amides is 1. The van der Waals surface area contributed by atoms with Crippen molar-refractivity contribution in [3.8, 4) is 0 Å². The molecule has 3 unspecified atom stereocenters. The van der Waals surface area contributed by atoms with Gasteiger partial charge in [0.15, 0.2) is 0 Å². The molecule has 0 aliphatic carbocycles. The van der Waals surface area contributed by atoms with E-state index in [1.165, 1.54) is 0 Å². The van der Waals surface area contributed by atoms with Crippen molar-refractivity contribution >= 4 is 17.8 Å². The Labute approximate surface area is 123 Å². The maximum Gasteiger partial charge on any atom is 0.326 e. The maximum atomic E-state index is 12.0. The molecule has 0 saturated carbocycles. The van der Waals surface area contributed by atoms with Gasteiger partial charge in [-0.25, -0.2) is 4.79 Å². The lowest BCUT2D eigenvalue weighted by atomic mass is 9.89. The van der Waals surface area contributed by atoms with Gasteiger partial charge in [0, 0.05) is 24.9 Å². The van der Waals surface area contributed by atoms with Crippen LogP contribution in [0.1, 0.15) is 44.9 Å². The number of carboxylic acids is 2. The third kappa shape index (κ3) is 4.70. The molecule has 2 aliphatic heterocycles. The van der Waals surface area contributed by atoms with Crippen LogP contribution in [0.3, 0.4) is 0 Å². The summed E-state index contributed by atoms with van der Waals surface area (Å²) < 4.78 is 0. The number of carbonyl (C=O) groups excluding carboxylic acids is 1. The molecule has 1 amide bonds. The highest BCUT2D eigenvalue weighted by Gasteiger charge is 2.34. The molecule has 118 valence electrons. The zero-order valence-electron chi connectivity index (χ0n) is 11.9. The highest BCUT2D eigenvalue weighted by Crippen LogP contribution is 2.32. The van der Waals surface area contributed by atoms with E-state index in [0.29, 0.717) is 18.5 Å². The summed E-state index contributed by atoms with van der Waals surface area (Å²) in [7, 11) is 0. The average molecular weight is 298 g/mol. The summed E-state index contributed by atoms with van der Waals surface area (Å²) in [6.45, 7) is 0. The second-order valence-electron chi connectivity index (χ2n) is 6.07. The third-order valence-corrected chi connectivity index (χ3v) is 4.32. The van der Waals surface area contributed by atoms with Crippen LogP contribution in [0, 0.1) is 5.92 Å². The van der Waals surface area contributed by atoms with E-state index in [9.17, 15) is 14.4 Å². The lowest BCUT2D eigenvalue weighted by molar-refractivity contribution is -0.143. The van der Waals surface area contributed by atoms with Gasteiger partial charge in [-0.3, -0.25) is 9.59 Å². The summed E-state index contributed by atoms with van der Waals surface area (Å²) in [6, 6.07) is -0.139. The average Bonchev–Trinajstić information content (AvgIpc) is 2.73. The van der Waals surface area contributed by atoms with Gasteiger partial charge in [-0.1, -0.05) is 0 Å². The van der Waals surface area contributed by atoms with Gasteiger partial charge in [-0.15, -0.1) is 0 Å². The Kier molecular flexibility index (Phi) is 5.17. The summed E-state index contributed by atoms with van der Waals surface area (Å²) in [5.41, 5.74) is 0. The molecule has 21 heavy (non-hydrogen) atoms. The molecule has 0 radical (unpaired) electrons. The standard InChI is InChI=1S/C14H22N2O5/c17-12(16-11(14(20)21)3-4-13(18)19)7-8-5-9-1-2-10(6-8)15-9/h8-11,15H,1-7H2,(H,16,17)(H,18,19)(H,20,21). The number of fused-ring (bicyclic) bond motifs is 2. The Bertz CT molecular complexity index is 414. The largest absolute Gasteiger partial charge is 0.481 e. The quantitative estimate of drug-likeness (QED) is 0.539. The van der Waals surface area contributed by atoms with Crippen LogP contribution in [0.4, 0.5) is 0 Å². The van der Waals surface area contributed by atoms with Crippen molar-refractivity contribution in [3.05, 3.63) is 0 Å². The highest BCUT2D eigenvalue weighted by atomic mass is 16.4. The number of nitrogens with one attached hydrogen (secondary N) is 2. The second-order valence-corrected chi connectivity index (χ2v) is 6.07. The first-order valence-electron chi connectivity index (χ1n) is 7.44. The minimum atomic E-state index is -1.19. The Morgan fingerprint density at radius 1 is 1.14 bits per heavy atom. The van der Waals surface area contributed by atoms with Gasteiger partial charge in [0.25, 0.3) is 0 Å². The summed E-state index contributed by atoms with van der Waals surface area (Å²) in [5, 5.41) is 23.6. The molecule has 7 nitrogen and oxygen atoms in total. The van der Waals surface area contributed by atoms with Crippen LogP contribution in [-0.4, -0.2) is 46.2 Å². The van der Waals surface area contributed by atoms with Crippen LogP contribution in [0.25, 0.3) is 0 Å². The number of hydrogen-bond acceptors (Lipinski definition) is 4. The number of aliphatic carboxylic acids is 2. The van der Waals surface area contributed by atoms with Crippen molar-refractivity contribution in [1.29, 1.82) is 0 Å². The van der Waals surface area contributed by atoms with Gasteiger partial charge in [-0.2, -0.15) is 0 Å². The zero-order valence-corrected chi connectivity index (χ0v) is 11.9. The highest BCUT2D eigenvalue weighted by molar-refractivity contribution is 5.84. The molecule has 2 heterocycles. The van der Waals surface area contributed by atoms with Crippen molar-refractivity contribution in [3.63, 3.8) is 0 Å². The van der Waals surface area contributed by atoms with Crippen LogP contribution < -0.4 is 10.6 Å². The molecule has 2 bridgehead atoms. The SMILES string of the molecule is O=C(O)CCC(NC(=O)CC1CC2CCC(C1)N2)C(=O)O. The monoisotopic (exact) mass is 298 g/mol. The van der Waals surface area contributed by atoms with E-state index in [2.05, 4.69) is 10.6 Å². The molecule has 3 atom stereocenters. The molecule has 2 rings (SSSR count). The molecule has 0 aromatic rings. The summed E-state index contributed by atoms with van der Waals surface area (Å²) in [5.74, 6) is -2.25. The van der Waals surface area contributed by atoms with E-state index in [4.69, 9.17) is 10.2 Å². The van der Waals surface area contributed by atoms with Crippen molar-refractivity contribution < 1.29 is 24.6 Å². The lowest BCUT2D eigenvalue weighted by Crippen LogP contribution is -2.43. The number of piperidine rings is 1. The van der Waals surface area contributed by atoms with Crippen LogP contribution >= 0.6 is 0 Å². The third-order valence-electron chi connectivity index (χ3n) is 4.32. The van der Waals surface area contributed by atoms with Crippen LogP contribution in [0.15, 0.2) is 0 Å². The molecular weight excluding hydrogens is 276 g/mol. The fraction of sp³-hybridized carbons (Fsp3) is 0.786. The summed E-state index contributed by atoms with van der Waals surface area (Å²) in [4.78, 5) is 33.5. The van der Waals surface area contributed by atoms with Gasteiger partial charge in [0.05, 0.1) is 0 Å². The molecule has 0 aromatic heterocycles. The van der Waals surface area contributed by atoms with E-state index >= 15 is 0 Å². The van der Waals surface area contributed by atoms with E-state index in [1.54, 1.807) is 0 Å². The number of carboxylic acid groups (broad SMARTS) is 2. The van der Waals surface area contributed by atoms with Gasteiger partial charge in [-0.05, 0) is 38.0 Å².